The van der Waals surface area contributed by atoms with Crippen molar-refractivity contribution < 1.29 is 33.4 Å². The molecule has 0 atom stereocenters. The topological polar surface area (TPSA) is 111 Å². The van der Waals surface area contributed by atoms with E-state index < -0.39 is 36.8 Å². The highest BCUT2D eigenvalue weighted by atomic mass is 16.7. The summed E-state index contributed by atoms with van der Waals surface area (Å²) in [5, 5.41) is 2.55. The van der Waals surface area contributed by atoms with Crippen molar-refractivity contribution in [1.29, 1.82) is 0 Å². The highest BCUT2D eigenvalue weighted by molar-refractivity contribution is 6.22. The summed E-state index contributed by atoms with van der Waals surface area (Å²) >= 11 is 0. The van der Waals surface area contributed by atoms with E-state index in [9.17, 15) is 19.2 Å². The number of ether oxygens (including phenoxy) is 3. The van der Waals surface area contributed by atoms with Crippen LogP contribution in [0.3, 0.4) is 0 Å². The molecule has 0 saturated carbocycles. The predicted molar refractivity (Wildman–Crippen MR) is 94.0 cm³/mol. The third kappa shape index (κ3) is 3.25. The molecule has 0 aliphatic carbocycles. The van der Waals surface area contributed by atoms with E-state index in [4.69, 9.17) is 14.2 Å². The molecule has 2 heterocycles. The van der Waals surface area contributed by atoms with Gasteiger partial charge in [0.15, 0.2) is 18.1 Å². The zero-order chi connectivity index (χ0) is 19.7. The smallest absolute Gasteiger partial charge is 0.326 e. The molecular weight excluding hydrogens is 368 g/mol. The number of carbonyl (C=O) groups is 4. The molecule has 0 unspecified atom stereocenters. The first-order chi connectivity index (χ1) is 13.5. The zero-order valence-electron chi connectivity index (χ0n) is 14.5. The highest BCUT2D eigenvalue weighted by Gasteiger charge is 2.36. The number of imide groups is 1. The third-order valence-corrected chi connectivity index (χ3v) is 4.19. The Balaban J connectivity index is 1.30. The van der Waals surface area contributed by atoms with E-state index in [-0.39, 0.29) is 17.9 Å². The van der Waals surface area contributed by atoms with Crippen LogP contribution in [0.4, 0.5) is 5.69 Å². The SMILES string of the molecule is O=C(COC(=O)CN1C(=O)c2ccccc2C1=O)Nc1ccc2c(c1)OCO2. The fourth-order valence-corrected chi connectivity index (χ4v) is 2.87. The van der Waals surface area contributed by atoms with Crippen molar-refractivity contribution in [1.82, 2.24) is 4.90 Å². The minimum absolute atomic E-state index is 0.113. The van der Waals surface area contributed by atoms with Crippen LogP contribution in [0.25, 0.3) is 0 Å². The Morgan fingerprint density at radius 3 is 2.39 bits per heavy atom. The third-order valence-electron chi connectivity index (χ3n) is 4.19. The molecule has 0 aromatic heterocycles. The molecule has 142 valence electrons. The number of nitrogens with one attached hydrogen (secondary N) is 1. The van der Waals surface area contributed by atoms with Crippen LogP contribution in [-0.2, 0) is 14.3 Å². The van der Waals surface area contributed by atoms with Crippen molar-refractivity contribution in [3.63, 3.8) is 0 Å². The molecule has 9 heteroatoms. The van der Waals surface area contributed by atoms with Gasteiger partial charge < -0.3 is 19.5 Å². The number of amides is 3. The summed E-state index contributed by atoms with van der Waals surface area (Å²) in [7, 11) is 0. The van der Waals surface area contributed by atoms with Gasteiger partial charge in [-0.3, -0.25) is 24.1 Å². The maximum atomic E-state index is 12.2. The van der Waals surface area contributed by atoms with Gasteiger partial charge in [0.05, 0.1) is 11.1 Å². The first-order valence-corrected chi connectivity index (χ1v) is 8.33. The first kappa shape index (κ1) is 17.5. The number of benzene rings is 2. The summed E-state index contributed by atoms with van der Waals surface area (Å²) < 4.78 is 15.3. The molecule has 4 rings (SSSR count). The summed E-state index contributed by atoms with van der Waals surface area (Å²) in [5.41, 5.74) is 0.923. The Bertz CT molecular complexity index is 967. The van der Waals surface area contributed by atoms with Gasteiger partial charge in [0.25, 0.3) is 17.7 Å². The Labute approximate surface area is 158 Å². The molecule has 2 aliphatic rings. The normalized spacial score (nSPS) is 14.1. The van der Waals surface area contributed by atoms with Crippen molar-refractivity contribution in [2.45, 2.75) is 0 Å². The summed E-state index contributed by atoms with van der Waals surface area (Å²) in [6.45, 7) is -1.01. The van der Waals surface area contributed by atoms with Gasteiger partial charge in [-0.1, -0.05) is 12.1 Å². The monoisotopic (exact) mass is 382 g/mol. The summed E-state index contributed by atoms with van der Waals surface area (Å²) in [5.74, 6) is -1.50. The van der Waals surface area contributed by atoms with Crippen LogP contribution in [0.15, 0.2) is 42.5 Å². The number of fused-ring (bicyclic) bond motifs is 2. The molecule has 2 aromatic rings. The van der Waals surface area contributed by atoms with Crippen LogP contribution in [0.5, 0.6) is 11.5 Å². The van der Waals surface area contributed by atoms with Crippen LogP contribution in [-0.4, -0.2) is 48.5 Å². The van der Waals surface area contributed by atoms with Crippen LogP contribution >= 0.6 is 0 Å². The second kappa shape index (κ2) is 7.03. The van der Waals surface area contributed by atoms with Gasteiger partial charge in [0, 0.05) is 11.8 Å². The van der Waals surface area contributed by atoms with Crippen LogP contribution in [0.1, 0.15) is 20.7 Å². The Morgan fingerprint density at radius 1 is 1.00 bits per heavy atom. The Morgan fingerprint density at radius 2 is 1.68 bits per heavy atom. The Hall–Kier alpha value is -3.88. The lowest BCUT2D eigenvalue weighted by molar-refractivity contribution is -0.147. The average Bonchev–Trinajstić information content (AvgIpc) is 3.25. The molecule has 0 radical (unpaired) electrons. The number of esters is 1. The number of hydrogen-bond donors (Lipinski definition) is 1. The molecule has 2 aliphatic heterocycles. The molecule has 9 nitrogen and oxygen atoms in total. The summed E-state index contributed by atoms with van der Waals surface area (Å²) in [4.78, 5) is 49.1. The molecule has 28 heavy (non-hydrogen) atoms. The van der Waals surface area contributed by atoms with Gasteiger partial charge in [0.2, 0.25) is 6.79 Å². The second-order valence-corrected chi connectivity index (χ2v) is 6.02. The van der Waals surface area contributed by atoms with E-state index in [0.29, 0.717) is 17.2 Å². The van der Waals surface area contributed by atoms with Gasteiger partial charge in [-0.05, 0) is 24.3 Å². The van der Waals surface area contributed by atoms with E-state index in [2.05, 4.69) is 5.32 Å². The van der Waals surface area contributed by atoms with Crippen LogP contribution < -0.4 is 14.8 Å². The molecule has 0 fully saturated rings. The molecule has 0 bridgehead atoms. The van der Waals surface area contributed by atoms with E-state index in [1.54, 1.807) is 30.3 Å². The van der Waals surface area contributed by atoms with Gasteiger partial charge in [-0.2, -0.15) is 0 Å². The average molecular weight is 382 g/mol. The van der Waals surface area contributed by atoms with Gasteiger partial charge in [0.1, 0.15) is 6.54 Å². The Kier molecular flexibility index (Phi) is 4.40. The molecule has 0 saturated heterocycles. The van der Waals surface area contributed by atoms with Crippen molar-refractivity contribution in [2.75, 3.05) is 25.3 Å². The van der Waals surface area contributed by atoms with E-state index in [1.807, 2.05) is 0 Å². The van der Waals surface area contributed by atoms with Crippen molar-refractivity contribution in [2.24, 2.45) is 0 Å². The number of hydrogen-bond acceptors (Lipinski definition) is 7. The number of carbonyl (C=O) groups excluding carboxylic acids is 4. The maximum absolute atomic E-state index is 12.2. The fraction of sp³-hybridized carbons (Fsp3) is 0.158. The molecule has 2 aromatic carbocycles. The number of anilines is 1. The lowest BCUT2D eigenvalue weighted by atomic mass is 10.1. The lowest BCUT2D eigenvalue weighted by Gasteiger charge is -2.13. The van der Waals surface area contributed by atoms with E-state index >= 15 is 0 Å². The molecule has 0 spiro atoms. The lowest BCUT2D eigenvalue weighted by Crippen LogP contribution is -2.36. The largest absolute Gasteiger partial charge is 0.454 e. The van der Waals surface area contributed by atoms with E-state index in [0.717, 1.165) is 4.90 Å². The fourth-order valence-electron chi connectivity index (χ4n) is 2.87. The van der Waals surface area contributed by atoms with Crippen molar-refractivity contribution in [3.8, 4) is 11.5 Å². The minimum atomic E-state index is -0.865. The van der Waals surface area contributed by atoms with Crippen LogP contribution in [0, 0.1) is 0 Å². The molecular formula is C19H14N2O7. The standard InChI is InChI=1S/C19H14N2O7/c22-16(20-11-5-6-14-15(7-11)28-10-27-14)9-26-17(23)8-21-18(24)12-3-1-2-4-13(12)19(21)25/h1-7H,8-10H2,(H,20,22). The van der Waals surface area contributed by atoms with Gasteiger partial charge >= 0.3 is 5.97 Å². The number of nitrogens with zero attached hydrogens (tertiary/aromatic N) is 1. The quantitative estimate of drug-likeness (QED) is 0.611. The zero-order valence-corrected chi connectivity index (χ0v) is 14.5. The van der Waals surface area contributed by atoms with Crippen molar-refractivity contribution in [3.05, 3.63) is 53.6 Å². The highest BCUT2D eigenvalue weighted by Crippen LogP contribution is 2.34. The first-order valence-electron chi connectivity index (χ1n) is 8.33. The molecule has 1 N–H and O–H groups in total. The van der Waals surface area contributed by atoms with Crippen LogP contribution in [0.2, 0.25) is 0 Å². The van der Waals surface area contributed by atoms with Gasteiger partial charge in [-0.25, -0.2) is 0 Å². The second-order valence-electron chi connectivity index (χ2n) is 6.02. The number of rotatable bonds is 5. The predicted octanol–water partition coefficient (Wildman–Crippen LogP) is 1.19. The minimum Gasteiger partial charge on any atom is -0.454 e. The van der Waals surface area contributed by atoms with E-state index in [1.165, 1.54) is 12.1 Å². The van der Waals surface area contributed by atoms with Crippen molar-refractivity contribution >= 4 is 29.4 Å². The molecule has 3 amide bonds. The summed E-state index contributed by atoms with van der Waals surface area (Å²) in [6, 6.07) is 11.1. The maximum Gasteiger partial charge on any atom is 0.326 e. The van der Waals surface area contributed by atoms with Gasteiger partial charge in [-0.15, -0.1) is 0 Å². The summed E-state index contributed by atoms with van der Waals surface area (Å²) in [6.07, 6.45) is 0.